The molecular formula is C45H40N4O8. The van der Waals surface area contributed by atoms with Crippen molar-refractivity contribution in [3.8, 4) is 67.8 Å². The van der Waals surface area contributed by atoms with Crippen molar-refractivity contribution in [2.24, 2.45) is 0 Å². The lowest BCUT2D eigenvalue weighted by Crippen LogP contribution is -2.16. The summed E-state index contributed by atoms with van der Waals surface area (Å²) in [5.74, 6) is 3.33. The van der Waals surface area contributed by atoms with Gasteiger partial charge >= 0.3 is 0 Å². The second kappa shape index (κ2) is 17.4. The summed E-state index contributed by atoms with van der Waals surface area (Å²) in [5.41, 5.74) is 7.26. The summed E-state index contributed by atoms with van der Waals surface area (Å²) < 4.78 is 32.9. The summed E-state index contributed by atoms with van der Waals surface area (Å²) in [6.07, 6.45) is -0.0364. The molecule has 0 saturated carbocycles. The molecule has 12 nitrogen and oxygen atoms in total. The number of carbonyl (C=O) groups is 2. The maximum atomic E-state index is 13.3. The van der Waals surface area contributed by atoms with E-state index in [4.69, 9.17) is 28.0 Å². The molecule has 288 valence electrons. The predicted molar refractivity (Wildman–Crippen MR) is 217 cm³/mol. The molecule has 12 heteroatoms. The van der Waals surface area contributed by atoms with Gasteiger partial charge in [0.15, 0.2) is 17.3 Å². The van der Waals surface area contributed by atoms with E-state index in [2.05, 4.69) is 20.9 Å². The van der Waals surface area contributed by atoms with Gasteiger partial charge in [-0.3, -0.25) is 9.59 Å². The van der Waals surface area contributed by atoms with Gasteiger partial charge < -0.3 is 38.6 Å². The Labute approximate surface area is 329 Å². The van der Waals surface area contributed by atoms with Gasteiger partial charge in [0, 0.05) is 22.5 Å². The summed E-state index contributed by atoms with van der Waals surface area (Å²) >= 11 is 0. The van der Waals surface area contributed by atoms with Gasteiger partial charge in [-0.15, -0.1) is 0 Å². The number of anilines is 2. The highest BCUT2D eigenvalue weighted by atomic mass is 16.5. The Balaban J connectivity index is 1.01. The zero-order valence-electron chi connectivity index (χ0n) is 31.8. The van der Waals surface area contributed by atoms with Crippen molar-refractivity contribution < 1.29 is 37.6 Å². The van der Waals surface area contributed by atoms with Gasteiger partial charge in [0.05, 0.1) is 59.0 Å². The van der Waals surface area contributed by atoms with Crippen LogP contribution in [-0.2, 0) is 22.4 Å². The van der Waals surface area contributed by atoms with Gasteiger partial charge in [0.1, 0.15) is 34.4 Å². The SMILES string of the molecule is COc1ccc(-c2noc(CC(=O)CNc3ccc(NC(=O)Cc4onc(-c5ccc(OC)cc5)c4-c4ccc(OC)cc4)cc3)c2-c2ccc(OC)cc2)cc1. The third kappa shape index (κ3) is 8.81. The van der Waals surface area contributed by atoms with E-state index in [-0.39, 0.29) is 31.1 Å². The fourth-order valence-corrected chi connectivity index (χ4v) is 6.36. The van der Waals surface area contributed by atoms with Gasteiger partial charge in [-0.05, 0) is 108 Å². The van der Waals surface area contributed by atoms with Crippen LogP contribution in [0.4, 0.5) is 11.4 Å². The van der Waals surface area contributed by atoms with Crippen molar-refractivity contribution in [3.05, 3.63) is 133 Å². The van der Waals surface area contributed by atoms with Crippen LogP contribution >= 0.6 is 0 Å². The number of rotatable bonds is 16. The lowest BCUT2D eigenvalue weighted by atomic mass is 9.97. The number of ether oxygens (including phenoxy) is 4. The van der Waals surface area contributed by atoms with Gasteiger partial charge in [0.25, 0.3) is 0 Å². The fourth-order valence-electron chi connectivity index (χ4n) is 6.36. The number of methoxy groups -OCH3 is 4. The molecule has 5 aromatic carbocycles. The maximum absolute atomic E-state index is 13.3. The third-order valence-corrected chi connectivity index (χ3v) is 9.35. The number of hydrogen-bond donors (Lipinski definition) is 2. The minimum absolute atomic E-state index is 0.0198. The molecular weight excluding hydrogens is 725 g/mol. The van der Waals surface area contributed by atoms with Gasteiger partial charge in [-0.1, -0.05) is 34.6 Å². The summed E-state index contributed by atoms with van der Waals surface area (Å²) in [6, 6.07) is 37.1. The number of hydrogen-bond acceptors (Lipinski definition) is 11. The summed E-state index contributed by atoms with van der Waals surface area (Å²) in [7, 11) is 6.43. The predicted octanol–water partition coefficient (Wildman–Crippen LogP) is 8.77. The minimum Gasteiger partial charge on any atom is -0.497 e. The number of aromatic nitrogens is 2. The highest BCUT2D eigenvalue weighted by molar-refractivity contribution is 5.95. The second-order valence-corrected chi connectivity index (χ2v) is 12.9. The van der Waals surface area contributed by atoms with Crippen LogP contribution in [0.2, 0.25) is 0 Å². The van der Waals surface area contributed by atoms with E-state index in [0.29, 0.717) is 57.1 Å². The Morgan fingerprint density at radius 3 is 1.26 bits per heavy atom. The zero-order valence-corrected chi connectivity index (χ0v) is 31.8. The van der Waals surface area contributed by atoms with Crippen LogP contribution in [0.15, 0.2) is 130 Å². The number of benzene rings is 5. The normalized spacial score (nSPS) is 10.8. The first-order valence-corrected chi connectivity index (χ1v) is 18.1. The van der Waals surface area contributed by atoms with Crippen LogP contribution in [0.1, 0.15) is 11.5 Å². The Morgan fingerprint density at radius 2 is 0.860 bits per heavy atom. The van der Waals surface area contributed by atoms with E-state index in [0.717, 1.165) is 33.6 Å². The lowest BCUT2D eigenvalue weighted by molar-refractivity contribution is -0.117. The number of amides is 1. The molecule has 57 heavy (non-hydrogen) atoms. The van der Waals surface area contributed by atoms with Crippen molar-refractivity contribution in [2.75, 3.05) is 45.6 Å². The number of ketones is 1. The van der Waals surface area contributed by atoms with E-state index in [9.17, 15) is 9.59 Å². The highest BCUT2D eigenvalue weighted by Gasteiger charge is 2.23. The van der Waals surface area contributed by atoms with Crippen molar-refractivity contribution in [3.63, 3.8) is 0 Å². The topological polar surface area (TPSA) is 147 Å². The third-order valence-electron chi connectivity index (χ3n) is 9.35. The number of nitrogens with zero attached hydrogens (tertiary/aromatic N) is 2. The van der Waals surface area contributed by atoms with Crippen molar-refractivity contribution in [2.45, 2.75) is 12.8 Å². The molecule has 0 saturated heterocycles. The molecule has 0 spiro atoms. The quantitative estimate of drug-likeness (QED) is 0.0973. The molecule has 1 amide bonds. The number of nitrogens with one attached hydrogen (secondary N) is 2. The Bertz CT molecular complexity index is 2440. The van der Waals surface area contributed by atoms with E-state index in [1.807, 2.05) is 97.1 Å². The van der Waals surface area contributed by atoms with E-state index in [1.54, 1.807) is 52.7 Å². The first kappa shape index (κ1) is 38.0. The van der Waals surface area contributed by atoms with Crippen LogP contribution in [0, 0.1) is 0 Å². The van der Waals surface area contributed by atoms with Crippen LogP contribution in [0.3, 0.4) is 0 Å². The number of Topliss-reactive ketones (excluding diaryl/α,β-unsaturated/α-hetero) is 1. The molecule has 0 aliphatic carbocycles. The molecule has 7 rings (SSSR count). The molecule has 0 unspecified atom stereocenters. The van der Waals surface area contributed by atoms with Gasteiger partial charge in [-0.2, -0.15) is 0 Å². The van der Waals surface area contributed by atoms with Crippen molar-refractivity contribution in [1.82, 2.24) is 10.3 Å². The summed E-state index contributed by atoms with van der Waals surface area (Å²) in [5, 5.41) is 14.8. The Morgan fingerprint density at radius 1 is 0.491 bits per heavy atom. The van der Waals surface area contributed by atoms with Crippen LogP contribution in [-0.4, -0.2) is 57.0 Å². The first-order valence-electron chi connectivity index (χ1n) is 18.1. The Kier molecular flexibility index (Phi) is 11.6. The zero-order chi connectivity index (χ0) is 39.7. The maximum Gasteiger partial charge on any atom is 0.232 e. The van der Waals surface area contributed by atoms with E-state index >= 15 is 0 Å². The molecule has 7 aromatic rings. The van der Waals surface area contributed by atoms with Crippen molar-refractivity contribution in [1.29, 1.82) is 0 Å². The van der Waals surface area contributed by atoms with Crippen molar-refractivity contribution >= 4 is 23.1 Å². The minimum atomic E-state index is -0.285. The molecule has 0 radical (unpaired) electrons. The lowest BCUT2D eigenvalue weighted by Gasteiger charge is -2.10. The standard InChI is InChI=1S/C45H40N4O8/c1-52-35-17-5-28(6-18-35)42-39(56-48-44(42)30-9-21-37(54-3)22-10-30)25-34(50)27-46-32-13-15-33(16-14-32)47-41(51)26-40-43(29-7-19-36(53-2)20-8-29)45(49-57-40)31-11-23-38(55-4)24-12-31/h5-24,46H,25-27H2,1-4H3,(H,47,51). The number of carbonyl (C=O) groups excluding carboxylic acids is 2. The fraction of sp³-hybridized carbons (Fsp3) is 0.156. The Hall–Kier alpha value is -7.34. The summed E-state index contributed by atoms with van der Waals surface area (Å²) in [4.78, 5) is 26.6. The molecule has 2 aromatic heterocycles. The monoisotopic (exact) mass is 764 g/mol. The van der Waals surface area contributed by atoms with Crippen LogP contribution < -0.4 is 29.6 Å². The molecule has 2 heterocycles. The molecule has 0 aliphatic rings. The largest absolute Gasteiger partial charge is 0.497 e. The smallest absolute Gasteiger partial charge is 0.232 e. The van der Waals surface area contributed by atoms with Crippen LogP contribution in [0.5, 0.6) is 23.0 Å². The average molecular weight is 765 g/mol. The van der Waals surface area contributed by atoms with E-state index < -0.39 is 0 Å². The molecule has 0 fully saturated rings. The highest BCUT2D eigenvalue weighted by Crippen LogP contribution is 2.38. The molecule has 0 aliphatic heterocycles. The summed E-state index contributed by atoms with van der Waals surface area (Å²) in [6.45, 7) is 0.0441. The second-order valence-electron chi connectivity index (χ2n) is 12.9. The van der Waals surface area contributed by atoms with Gasteiger partial charge in [-0.25, -0.2) is 0 Å². The van der Waals surface area contributed by atoms with Gasteiger partial charge in [0.2, 0.25) is 5.91 Å². The average Bonchev–Trinajstić information content (AvgIpc) is 3.87. The molecule has 0 atom stereocenters. The molecule has 0 bridgehead atoms. The first-order chi connectivity index (χ1) is 27.8. The van der Waals surface area contributed by atoms with E-state index in [1.165, 1.54) is 0 Å². The molecule has 2 N–H and O–H groups in total. The van der Waals surface area contributed by atoms with Crippen LogP contribution in [0.25, 0.3) is 44.8 Å².